The molecule has 0 unspecified atom stereocenters. The Hall–Kier alpha value is -1.66. The zero-order chi connectivity index (χ0) is 13.3. The van der Waals surface area contributed by atoms with Crippen molar-refractivity contribution in [3.8, 4) is 0 Å². The van der Waals surface area contributed by atoms with Crippen LogP contribution in [0.3, 0.4) is 0 Å². The molecule has 1 aliphatic carbocycles. The largest absolute Gasteiger partial charge is 0.508 e. The molecule has 1 aromatic rings. The Morgan fingerprint density at radius 3 is 2.22 bits per heavy atom. The fraction of sp³-hybridized carbons (Fsp3) is 0.500. The summed E-state index contributed by atoms with van der Waals surface area (Å²) in [6.07, 6.45) is 8.85. The van der Waals surface area contributed by atoms with Gasteiger partial charge >= 0.3 is 0 Å². The summed E-state index contributed by atoms with van der Waals surface area (Å²) in [6.45, 7) is 5.97. The van der Waals surface area contributed by atoms with Crippen LogP contribution < -0.4 is 10.6 Å². The van der Waals surface area contributed by atoms with Crippen LogP contribution in [0.2, 0.25) is 0 Å². The number of hydrogen-bond donors (Lipinski definition) is 3. The molecule has 0 spiro atoms. The van der Waals surface area contributed by atoms with Crippen LogP contribution in [0, 0.1) is 0 Å². The maximum absolute atomic E-state index is 9.20. The van der Waals surface area contributed by atoms with Crippen LogP contribution >= 0.6 is 0 Å². The highest BCUT2D eigenvalue weighted by atomic mass is 16.3. The molecule has 0 saturated heterocycles. The van der Waals surface area contributed by atoms with Crippen molar-refractivity contribution >= 4 is 0 Å². The molecule has 2 rings (SSSR count). The molecular weight excluding hydrogens is 232 g/mol. The van der Waals surface area contributed by atoms with Crippen LogP contribution in [0.1, 0.15) is 20.3 Å². The van der Waals surface area contributed by atoms with Crippen molar-refractivity contribution in [1.82, 2.24) is 20.8 Å². The van der Waals surface area contributed by atoms with Crippen molar-refractivity contribution in [3.63, 3.8) is 0 Å². The third-order valence-electron chi connectivity index (χ3n) is 2.44. The maximum Gasteiger partial charge on any atom is 0.203 e. The SMILES string of the molecule is CCNC1(NCC)C=CC(O)=CC1.c1nnco1. The third-order valence-corrected chi connectivity index (χ3v) is 2.44. The zero-order valence-electron chi connectivity index (χ0n) is 10.8. The van der Waals surface area contributed by atoms with E-state index in [1.807, 2.05) is 12.2 Å². The van der Waals surface area contributed by atoms with E-state index < -0.39 is 0 Å². The van der Waals surface area contributed by atoms with Gasteiger partial charge in [-0.15, -0.1) is 10.2 Å². The molecule has 1 aromatic heterocycles. The zero-order valence-corrected chi connectivity index (χ0v) is 10.8. The molecule has 0 fully saturated rings. The number of allylic oxidation sites excluding steroid dienone is 1. The lowest BCUT2D eigenvalue weighted by molar-refractivity contribution is 0.324. The Morgan fingerprint density at radius 1 is 1.28 bits per heavy atom. The minimum absolute atomic E-state index is 0.157. The molecule has 0 radical (unpaired) electrons. The Bertz CT molecular complexity index is 350. The molecule has 0 atom stereocenters. The summed E-state index contributed by atoms with van der Waals surface area (Å²) in [5, 5.41) is 22.5. The van der Waals surface area contributed by atoms with Gasteiger partial charge in [0, 0.05) is 6.42 Å². The predicted octanol–water partition coefficient (Wildman–Crippen LogP) is 1.37. The standard InChI is InChI=1S/C10H18N2O.C2H2N2O/c1-3-11-10(12-4-2)7-5-9(13)6-8-10;1-3-4-2-5-1/h5-7,11-13H,3-4,8H2,1-2H3;1-2H. The predicted molar refractivity (Wildman–Crippen MR) is 68.9 cm³/mol. The molecule has 0 saturated carbocycles. The van der Waals surface area contributed by atoms with Gasteiger partial charge in [0.2, 0.25) is 12.8 Å². The number of hydrogen-bond acceptors (Lipinski definition) is 6. The van der Waals surface area contributed by atoms with Gasteiger partial charge in [0.05, 0.1) is 5.66 Å². The van der Waals surface area contributed by atoms with E-state index in [1.54, 1.807) is 6.08 Å². The van der Waals surface area contributed by atoms with Gasteiger partial charge in [0.15, 0.2) is 0 Å². The van der Waals surface area contributed by atoms with Crippen LogP contribution in [-0.4, -0.2) is 34.1 Å². The van der Waals surface area contributed by atoms with Crippen LogP contribution in [0.5, 0.6) is 0 Å². The summed E-state index contributed by atoms with van der Waals surface area (Å²) < 4.78 is 4.36. The summed E-state index contributed by atoms with van der Waals surface area (Å²) in [5.74, 6) is 0.353. The average Bonchev–Trinajstić information content (AvgIpc) is 2.93. The second-order valence-electron chi connectivity index (χ2n) is 3.78. The Kier molecular flexibility index (Phi) is 6.10. The summed E-state index contributed by atoms with van der Waals surface area (Å²) in [5.41, 5.74) is -0.157. The average molecular weight is 252 g/mol. The maximum atomic E-state index is 9.20. The molecule has 100 valence electrons. The molecule has 0 aromatic carbocycles. The van der Waals surface area contributed by atoms with Crippen LogP contribution in [-0.2, 0) is 0 Å². The summed E-state index contributed by atoms with van der Waals surface area (Å²) in [6, 6.07) is 0. The second-order valence-corrected chi connectivity index (χ2v) is 3.78. The smallest absolute Gasteiger partial charge is 0.203 e. The fourth-order valence-electron chi connectivity index (χ4n) is 1.72. The van der Waals surface area contributed by atoms with E-state index in [9.17, 15) is 5.11 Å². The molecular formula is C12H20N4O2. The van der Waals surface area contributed by atoms with Gasteiger partial charge < -0.3 is 9.52 Å². The van der Waals surface area contributed by atoms with Crippen molar-refractivity contribution in [2.24, 2.45) is 0 Å². The van der Waals surface area contributed by atoms with Crippen molar-refractivity contribution in [3.05, 3.63) is 36.8 Å². The van der Waals surface area contributed by atoms with Gasteiger partial charge in [-0.2, -0.15) is 0 Å². The molecule has 6 nitrogen and oxygen atoms in total. The molecule has 0 amide bonds. The Labute approximate surface area is 107 Å². The number of nitrogens with one attached hydrogen (secondary N) is 2. The number of aliphatic hydroxyl groups is 1. The van der Waals surface area contributed by atoms with E-state index in [4.69, 9.17) is 0 Å². The molecule has 6 heteroatoms. The van der Waals surface area contributed by atoms with Crippen molar-refractivity contribution in [2.75, 3.05) is 13.1 Å². The van der Waals surface area contributed by atoms with E-state index in [-0.39, 0.29) is 5.66 Å². The van der Waals surface area contributed by atoms with Gasteiger partial charge in [-0.25, -0.2) is 0 Å². The van der Waals surface area contributed by atoms with Crippen LogP contribution in [0.4, 0.5) is 0 Å². The molecule has 3 N–H and O–H groups in total. The highest BCUT2D eigenvalue weighted by molar-refractivity contribution is 5.23. The monoisotopic (exact) mass is 252 g/mol. The number of aromatic nitrogens is 2. The van der Waals surface area contributed by atoms with Gasteiger partial charge in [-0.05, 0) is 31.3 Å². The van der Waals surface area contributed by atoms with Gasteiger partial charge in [0.25, 0.3) is 0 Å². The lowest BCUT2D eigenvalue weighted by Gasteiger charge is -2.33. The quantitative estimate of drug-likeness (QED) is 0.702. The Morgan fingerprint density at radius 2 is 1.89 bits per heavy atom. The van der Waals surface area contributed by atoms with E-state index in [0.717, 1.165) is 19.5 Å². The number of likely N-dealkylation sites (N-methyl/N-ethyl adjacent to an activating group) is 2. The lowest BCUT2D eigenvalue weighted by Crippen LogP contribution is -2.55. The number of aliphatic hydroxyl groups excluding tert-OH is 1. The summed E-state index contributed by atoms with van der Waals surface area (Å²) in [4.78, 5) is 0. The van der Waals surface area contributed by atoms with E-state index in [2.05, 4.69) is 39.1 Å². The molecule has 0 bridgehead atoms. The van der Waals surface area contributed by atoms with Crippen molar-refractivity contribution in [2.45, 2.75) is 25.9 Å². The van der Waals surface area contributed by atoms with Crippen molar-refractivity contribution in [1.29, 1.82) is 0 Å². The molecule has 0 aliphatic heterocycles. The molecule has 18 heavy (non-hydrogen) atoms. The van der Waals surface area contributed by atoms with E-state index in [1.165, 1.54) is 12.8 Å². The van der Waals surface area contributed by atoms with Gasteiger partial charge in [-0.1, -0.05) is 13.8 Å². The lowest BCUT2D eigenvalue weighted by atomic mass is 10.00. The van der Waals surface area contributed by atoms with Crippen LogP contribution in [0.15, 0.2) is 41.2 Å². The topological polar surface area (TPSA) is 83.2 Å². The van der Waals surface area contributed by atoms with E-state index >= 15 is 0 Å². The first-order valence-corrected chi connectivity index (χ1v) is 5.99. The van der Waals surface area contributed by atoms with E-state index in [0.29, 0.717) is 5.76 Å². The minimum atomic E-state index is -0.157. The van der Waals surface area contributed by atoms with Gasteiger partial charge in [-0.3, -0.25) is 10.6 Å². The molecule has 1 aliphatic rings. The Balaban J connectivity index is 0.000000269. The fourth-order valence-corrected chi connectivity index (χ4v) is 1.72. The van der Waals surface area contributed by atoms with Gasteiger partial charge in [0.1, 0.15) is 5.76 Å². The highest BCUT2D eigenvalue weighted by Crippen LogP contribution is 2.16. The summed E-state index contributed by atoms with van der Waals surface area (Å²) >= 11 is 0. The third kappa shape index (κ3) is 4.68. The first kappa shape index (κ1) is 14.4. The highest BCUT2D eigenvalue weighted by Gasteiger charge is 2.25. The number of nitrogens with zero attached hydrogens (tertiary/aromatic N) is 2. The van der Waals surface area contributed by atoms with Crippen molar-refractivity contribution < 1.29 is 9.52 Å². The normalized spacial score (nSPS) is 16.7. The first-order chi connectivity index (χ1) is 8.72. The minimum Gasteiger partial charge on any atom is -0.508 e. The van der Waals surface area contributed by atoms with Crippen LogP contribution in [0.25, 0.3) is 0 Å². The first-order valence-electron chi connectivity index (χ1n) is 5.99. The summed E-state index contributed by atoms with van der Waals surface area (Å²) in [7, 11) is 0. The number of rotatable bonds is 4. The molecule has 1 heterocycles. The second kappa shape index (κ2) is 7.62.